The molecule has 0 atom stereocenters. The zero-order valence-corrected chi connectivity index (χ0v) is 13.2. The number of carbonyl (C=O) groups excluding carboxylic acids is 1. The van der Waals surface area contributed by atoms with Gasteiger partial charge in [-0.15, -0.1) is 0 Å². The highest BCUT2D eigenvalue weighted by atomic mass is 35.5. The second-order valence-corrected chi connectivity index (χ2v) is 5.86. The summed E-state index contributed by atoms with van der Waals surface area (Å²) in [5, 5.41) is 10.7. The fraction of sp³-hybridized carbons (Fsp3) is 0.462. The van der Waals surface area contributed by atoms with E-state index in [0.29, 0.717) is 0 Å². The summed E-state index contributed by atoms with van der Waals surface area (Å²) in [4.78, 5) is 24.2. The van der Waals surface area contributed by atoms with E-state index in [4.69, 9.17) is 23.2 Å². The summed E-state index contributed by atoms with van der Waals surface area (Å²) in [7, 11) is 1.65. The lowest BCUT2D eigenvalue weighted by molar-refractivity contribution is -0.384. The van der Waals surface area contributed by atoms with Crippen LogP contribution in [0.3, 0.4) is 0 Å². The number of nitro benzene ring substituents is 1. The Kier molecular flexibility index (Phi) is 5.00. The topological polar surface area (TPSA) is 63.5 Å². The Hall–Kier alpha value is -1.33. The van der Waals surface area contributed by atoms with Gasteiger partial charge < -0.3 is 4.90 Å². The molecule has 0 bridgehead atoms. The molecule has 0 N–H and O–H groups in total. The molecule has 0 radical (unpaired) electrons. The van der Waals surface area contributed by atoms with Crippen molar-refractivity contribution in [3.63, 3.8) is 0 Å². The molecule has 0 fully saturated rings. The van der Waals surface area contributed by atoms with Crippen LogP contribution in [0.5, 0.6) is 0 Å². The van der Waals surface area contributed by atoms with Crippen molar-refractivity contribution in [2.24, 2.45) is 0 Å². The summed E-state index contributed by atoms with van der Waals surface area (Å²) >= 11 is 11.6. The van der Waals surface area contributed by atoms with Crippen LogP contribution in [-0.4, -0.2) is 28.3 Å². The number of rotatable bonds is 4. The Bertz CT molecular complexity index is 559. The molecule has 0 aliphatic rings. The van der Waals surface area contributed by atoms with Crippen LogP contribution in [0.25, 0.3) is 0 Å². The zero-order valence-electron chi connectivity index (χ0n) is 11.7. The first-order chi connectivity index (χ1) is 9.11. The Morgan fingerprint density at radius 1 is 1.40 bits per heavy atom. The van der Waals surface area contributed by atoms with E-state index in [9.17, 15) is 14.9 Å². The number of hydrogen-bond acceptors (Lipinski definition) is 3. The number of nitrogens with zero attached hydrogens (tertiary/aromatic N) is 2. The van der Waals surface area contributed by atoms with Crippen LogP contribution in [0, 0.1) is 10.1 Å². The lowest BCUT2D eigenvalue weighted by atomic mass is 9.99. The van der Waals surface area contributed by atoms with Crippen LogP contribution in [-0.2, 0) is 0 Å². The molecular formula is C13H16Cl2N2O3. The van der Waals surface area contributed by atoms with Gasteiger partial charge in [0.2, 0.25) is 0 Å². The number of carbonyl (C=O) groups is 1. The number of nitro groups is 1. The van der Waals surface area contributed by atoms with Gasteiger partial charge in [-0.05, 0) is 26.3 Å². The van der Waals surface area contributed by atoms with Gasteiger partial charge in [0.25, 0.3) is 11.6 Å². The summed E-state index contributed by atoms with van der Waals surface area (Å²) in [6, 6.07) is 2.50. The molecule has 1 amide bonds. The average molecular weight is 319 g/mol. The highest BCUT2D eigenvalue weighted by Crippen LogP contribution is 2.34. The predicted octanol–water partition coefficient (Wildman–Crippen LogP) is 4.16. The molecule has 5 nitrogen and oxygen atoms in total. The summed E-state index contributed by atoms with van der Waals surface area (Å²) in [5.41, 5.74) is -0.585. The maximum absolute atomic E-state index is 12.4. The lowest BCUT2D eigenvalue weighted by Crippen LogP contribution is -2.44. The summed E-state index contributed by atoms with van der Waals surface area (Å²) < 4.78 is 0. The van der Waals surface area contributed by atoms with Crippen LogP contribution < -0.4 is 0 Å². The molecule has 0 saturated carbocycles. The molecular weight excluding hydrogens is 303 g/mol. The molecule has 0 unspecified atom stereocenters. The molecule has 1 rings (SSSR count). The van der Waals surface area contributed by atoms with Gasteiger partial charge >= 0.3 is 0 Å². The molecule has 0 heterocycles. The maximum Gasteiger partial charge on any atom is 0.290 e. The first-order valence-corrected chi connectivity index (χ1v) is 6.79. The van der Waals surface area contributed by atoms with Crippen LogP contribution in [0.15, 0.2) is 12.1 Å². The molecule has 20 heavy (non-hydrogen) atoms. The van der Waals surface area contributed by atoms with Gasteiger partial charge in [-0.1, -0.05) is 30.1 Å². The van der Waals surface area contributed by atoms with Gasteiger partial charge in [-0.25, -0.2) is 0 Å². The van der Waals surface area contributed by atoms with Gasteiger partial charge in [0.05, 0.1) is 9.95 Å². The summed E-state index contributed by atoms with van der Waals surface area (Å²) in [5.74, 6) is -0.335. The normalized spacial score (nSPS) is 11.3. The minimum Gasteiger partial charge on any atom is -0.337 e. The lowest BCUT2D eigenvalue weighted by Gasteiger charge is -2.34. The van der Waals surface area contributed by atoms with Crippen LogP contribution in [0.2, 0.25) is 10.0 Å². The number of hydrogen-bond donors (Lipinski definition) is 0. The molecule has 7 heteroatoms. The Balaban J connectivity index is 3.28. The molecule has 1 aromatic rings. The van der Waals surface area contributed by atoms with Crippen molar-refractivity contribution in [2.45, 2.75) is 32.7 Å². The third kappa shape index (κ3) is 3.22. The van der Waals surface area contributed by atoms with Gasteiger partial charge in [-0.3, -0.25) is 14.9 Å². The fourth-order valence-corrected chi connectivity index (χ4v) is 1.93. The third-order valence-electron chi connectivity index (χ3n) is 3.53. The molecule has 0 aromatic heterocycles. The Morgan fingerprint density at radius 2 is 1.95 bits per heavy atom. The molecule has 0 aliphatic carbocycles. The third-order valence-corrected chi connectivity index (χ3v) is 4.32. The van der Waals surface area contributed by atoms with E-state index in [1.807, 2.05) is 20.8 Å². The van der Waals surface area contributed by atoms with Crippen molar-refractivity contribution < 1.29 is 9.72 Å². The van der Waals surface area contributed by atoms with Crippen molar-refractivity contribution in [1.29, 1.82) is 0 Å². The zero-order chi connectivity index (χ0) is 15.7. The van der Waals surface area contributed by atoms with Gasteiger partial charge in [-0.2, -0.15) is 0 Å². The first kappa shape index (κ1) is 16.7. The van der Waals surface area contributed by atoms with E-state index in [1.54, 1.807) is 7.05 Å². The van der Waals surface area contributed by atoms with Crippen molar-refractivity contribution in [2.75, 3.05) is 7.05 Å². The van der Waals surface area contributed by atoms with Gasteiger partial charge in [0, 0.05) is 24.2 Å². The van der Waals surface area contributed by atoms with Crippen LogP contribution in [0.4, 0.5) is 5.69 Å². The second-order valence-electron chi connectivity index (χ2n) is 5.08. The van der Waals surface area contributed by atoms with E-state index in [1.165, 1.54) is 11.0 Å². The molecule has 0 saturated heterocycles. The number of halogens is 2. The SMILES string of the molecule is CCC(C)(C)N(C)C(=O)c1cc(Cl)c(Cl)c([N+](=O)[O-])c1. The molecule has 0 spiro atoms. The van der Waals surface area contributed by atoms with Gasteiger partial charge in [0.15, 0.2) is 0 Å². The monoisotopic (exact) mass is 318 g/mol. The highest BCUT2D eigenvalue weighted by Gasteiger charge is 2.28. The number of benzene rings is 1. The standard InChI is InChI=1S/C13H16Cl2N2O3/c1-5-13(2,3)16(4)12(18)8-6-9(14)11(15)10(7-8)17(19)20/h6-7H,5H2,1-4H3. The van der Waals surface area contributed by atoms with E-state index >= 15 is 0 Å². The van der Waals surface area contributed by atoms with E-state index in [0.717, 1.165) is 12.5 Å². The Labute approximate surface area is 127 Å². The minimum absolute atomic E-state index is 0.00748. The molecule has 0 aliphatic heterocycles. The van der Waals surface area contributed by atoms with Crippen LogP contribution in [0.1, 0.15) is 37.6 Å². The van der Waals surface area contributed by atoms with Crippen molar-refractivity contribution >= 4 is 34.8 Å². The van der Waals surface area contributed by atoms with E-state index < -0.39 is 4.92 Å². The highest BCUT2D eigenvalue weighted by molar-refractivity contribution is 6.43. The summed E-state index contributed by atoms with van der Waals surface area (Å²) in [6.07, 6.45) is 0.749. The van der Waals surface area contributed by atoms with Gasteiger partial charge in [0.1, 0.15) is 5.02 Å². The smallest absolute Gasteiger partial charge is 0.290 e. The molecule has 110 valence electrons. The van der Waals surface area contributed by atoms with E-state index in [-0.39, 0.29) is 32.7 Å². The van der Waals surface area contributed by atoms with Crippen molar-refractivity contribution in [1.82, 2.24) is 4.90 Å². The predicted molar refractivity (Wildman–Crippen MR) is 79.6 cm³/mol. The first-order valence-electron chi connectivity index (χ1n) is 6.03. The average Bonchev–Trinajstić information content (AvgIpc) is 2.39. The maximum atomic E-state index is 12.4. The fourth-order valence-electron chi connectivity index (χ4n) is 1.54. The quantitative estimate of drug-likeness (QED) is 0.618. The van der Waals surface area contributed by atoms with Crippen molar-refractivity contribution in [3.05, 3.63) is 37.9 Å². The van der Waals surface area contributed by atoms with E-state index in [2.05, 4.69) is 0 Å². The van der Waals surface area contributed by atoms with Crippen molar-refractivity contribution in [3.8, 4) is 0 Å². The molecule has 1 aromatic carbocycles. The largest absolute Gasteiger partial charge is 0.337 e. The minimum atomic E-state index is -0.657. The number of amides is 1. The van der Waals surface area contributed by atoms with Crippen LogP contribution >= 0.6 is 23.2 Å². The summed E-state index contributed by atoms with van der Waals surface area (Å²) in [6.45, 7) is 5.79. The second kappa shape index (κ2) is 5.97. The Morgan fingerprint density at radius 3 is 2.40 bits per heavy atom.